The summed E-state index contributed by atoms with van der Waals surface area (Å²) in [7, 11) is 0. The highest BCUT2D eigenvalue weighted by Crippen LogP contribution is 2.61. The lowest BCUT2D eigenvalue weighted by molar-refractivity contribution is 0.435. The molecule has 14 rings (SSSR count). The fourth-order valence-corrected chi connectivity index (χ4v) is 12.2. The van der Waals surface area contributed by atoms with E-state index in [2.05, 4.69) is 228 Å². The molecule has 0 saturated heterocycles. The predicted octanol–water partition coefficient (Wildman–Crippen LogP) is 16.2. The van der Waals surface area contributed by atoms with E-state index in [4.69, 9.17) is 4.74 Å². The van der Waals surface area contributed by atoms with Crippen molar-refractivity contribution in [2.45, 2.75) is 5.41 Å². The average molecular weight is 821 g/mol. The first-order valence-electron chi connectivity index (χ1n) is 21.6. The number of aromatic nitrogens is 1. The standard InChI is InChI=1S/C59H36N2OS/c1-2-16-38(17-3-1)61-52-25-9-5-19-43(52)44-31-28-40(35-53(44)61)60(39-30-33-57-47(34-39)45-20-6-11-27-56(45)63-57)41-29-32-50-55(36-41)62-54-26-10-8-23-49(54)59(50)48-22-7-4-18-42(48)46-21-12-14-37-15-13-24-51(59)58(37)46/h1-36H. The molecule has 2 aliphatic rings. The summed E-state index contributed by atoms with van der Waals surface area (Å²) in [6.07, 6.45) is 0. The number of thiophene rings is 1. The molecule has 0 radical (unpaired) electrons. The van der Waals surface area contributed by atoms with Gasteiger partial charge >= 0.3 is 0 Å². The van der Waals surface area contributed by atoms with Crippen LogP contribution in [0.3, 0.4) is 0 Å². The molecule has 1 unspecified atom stereocenters. The Kier molecular flexibility index (Phi) is 7.20. The highest BCUT2D eigenvalue weighted by atomic mass is 32.1. The van der Waals surface area contributed by atoms with Gasteiger partial charge in [0.2, 0.25) is 0 Å². The van der Waals surface area contributed by atoms with Crippen LogP contribution in [-0.2, 0) is 5.41 Å². The summed E-state index contributed by atoms with van der Waals surface area (Å²) in [6, 6.07) is 80.2. The Morgan fingerprint density at radius 3 is 1.95 bits per heavy atom. The van der Waals surface area contributed by atoms with E-state index in [0.717, 1.165) is 50.9 Å². The van der Waals surface area contributed by atoms with E-state index in [-0.39, 0.29) is 0 Å². The number of fused-ring (bicyclic) bond motifs is 14. The molecular weight excluding hydrogens is 785 g/mol. The first-order chi connectivity index (χ1) is 31.2. The molecule has 3 heterocycles. The van der Waals surface area contributed by atoms with Crippen molar-refractivity contribution < 1.29 is 4.74 Å². The highest BCUT2D eigenvalue weighted by molar-refractivity contribution is 7.25. The van der Waals surface area contributed by atoms with Gasteiger partial charge in [0.15, 0.2) is 0 Å². The molecule has 63 heavy (non-hydrogen) atoms. The summed E-state index contributed by atoms with van der Waals surface area (Å²) in [5, 5.41) is 7.52. The normalized spacial score (nSPS) is 14.9. The molecule has 0 saturated carbocycles. The Morgan fingerprint density at radius 2 is 1.03 bits per heavy atom. The second-order valence-corrected chi connectivity index (χ2v) is 17.9. The number of hydrogen-bond donors (Lipinski definition) is 0. The zero-order chi connectivity index (χ0) is 41.2. The largest absolute Gasteiger partial charge is 0.457 e. The lowest BCUT2D eigenvalue weighted by Crippen LogP contribution is -2.36. The number of rotatable bonds is 4. The van der Waals surface area contributed by atoms with E-state index in [1.54, 1.807) is 0 Å². The number of anilines is 3. The lowest BCUT2D eigenvalue weighted by atomic mass is 9.58. The van der Waals surface area contributed by atoms with Gasteiger partial charge in [-0.15, -0.1) is 11.3 Å². The predicted molar refractivity (Wildman–Crippen MR) is 263 cm³/mol. The van der Waals surface area contributed by atoms with Gasteiger partial charge in [-0.2, -0.15) is 0 Å². The van der Waals surface area contributed by atoms with Gasteiger partial charge in [-0.05, 0) is 99.8 Å². The Balaban J connectivity index is 1.05. The van der Waals surface area contributed by atoms with E-state index in [1.165, 1.54) is 69.5 Å². The van der Waals surface area contributed by atoms with Gasteiger partial charge in [-0.25, -0.2) is 0 Å². The summed E-state index contributed by atoms with van der Waals surface area (Å²) in [5.41, 5.74) is 13.4. The number of hydrogen-bond acceptors (Lipinski definition) is 3. The van der Waals surface area contributed by atoms with E-state index < -0.39 is 5.41 Å². The van der Waals surface area contributed by atoms with Gasteiger partial charge in [-0.1, -0.05) is 146 Å². The van der Waals surface area contributed by atoms with Crippen molar-refractivity contribution in [3.8, 4) is 28.3 Å². The lowest BCUT2D eigenvalue weighted by Gasteiger charge is -2.45. The Morgan fingerprint density at radius 1 is 0.397 bits per heavy atom. The number of benzene rings is 10. The third-order valence-corrected chi connectivity index (χ3v) is 14.8. The van der Waals surface area contributed by atoms with Crippen LogP contribution in [-0.4, -0.2) is 4.57 Å². The molecule has 2 aromatic heterocycles. The fourth-order valence-electron chi connectivity index (χ4n) is 11.1. The second kappa shape index (κ2) is 13.0. The van der Waals surface area contributed by atoms with Crippen LogP contribution in [0.1, 0.15) is 22.3 Å². The van der Waals surface area contributed by atoms with Crippen molar-refractivity contribution >= 4 is 81.1 Å². The van der Waals surface area contributed by atoms with Crippen molar-refractivity contribution in [3.63, 3.8) is 0 Å². The van der Waals surface area contributed by atoms with Crippen molar-refractivity contribution in [3.05, 3.63) is 241 Å². The molecule has 1 atom stereocenters. The van der Waals surface area contributed by atoms with Gasteiger partial charge in [-0.3, -0.25) is 0 Å². The molecule has 1 aliphatic heterocycles. The summed E-state index contributed by atoms with van der Waals surface area (Å²) < 4.78 is 12.1. The molecule has 4 heteroatoms. The van der Waals surface area contributed by atoms with Crippen LogP contribution in [0, 0.1) is 0 Å². The van der Waals surface area contributed by atoms with E-state index in [1.807, 2.05) is 11.3 Å². The third-order valence-electron chi connectivity index (χ3n) is 13.6. The molecule has 3 nitrogen and oxygen atoms in total. The van der Waals surface area contributed by atoms with E-state index in [0.29, 0.717) is 0 Å². The van der Waals surface area contributed by atoms with Crippen LogP contribution in [0.5, 0.6) is 11.5 Å². The molecule has 1 aliphatic carbocycles. The van der Waals surface area contributed by atoms with Gasteiger partial charge in [0, 0.05) is 70.9 Å². The maximum Gasteiger partial charge on any atom is 0.134 e. The maximum absolute atomic E-state index is 7.14. The van der Waals surface area contributed by atoms with Gasteiger partial charge in [0.25, 0.3) is 0 Å². The van der Waals surface area contributed by atoms with Crippen molar-refractivity contribution in [1.82, 2.24) is 4.57 Å². The van der Waals surface area contributed by atoms with Crippen molar-refractivity contribution in [2.24, 2.45) is 0 Å². The summed E-state index contributed by atoms with van der Waals surface area (Å²) in [6.45, 7) is 0. The zero-order valence-electron chi connectivity index (χ0n) is 34.0. The molecule has 1 spiro atoms. The van der Waals surface area contributed by atoms with Gasteiger partial charge in [0.05, 0.1) is 16.4 Å². The minimum absolute atomic E-state index is 0.609. The molecule has 0 fully saturated rings. The number of para-hydroxylation sites is 3. The smallest absolute Gasteiger partial charge is 0.134 e. The van der Waals surface area contributed by atoms with Crippen molar-refractivity contribution in [2.75, 3.05) is 4.90 Å². The summed E-state index contributed by atoms with van der Waals surface area (Å²) >= 11 is 1.85. The van der Waals surface area contributed by atoms with Crippen LogP contribution >= 0.6 is 11.3 Å². The Bertz CT molecular complexity index is 3860. The topological polar surface area (TPSA) is 17.4 Å². The average Bonchev–Trinajstić information content (AvgIpc) is 3.88. The second-order valence-electron chi connectivity index (χ2n) is 16.8. The third kappa shape index (κ3) is 4.79. The number of ether oxygens (including phenoxy) is 1. The molecular formula is C59H36N2OS. The summed E-state index contributed by atoms with van der Waals surface area (Å²) in [5.74, 6) is 1.73. The van der Waals surface area contributed by atoms with Crippen LogP contribution in [0.15, 0.2) is 218 Å². The van der Waals surface area contributed by atoms with Crippen molar-refractivity contribution in [1.29, 1.82) is 0 Å². The van der Waals surface area contributed by atoms with Crippen LogP contribution in [0.2, 0.25) is 0 Å². The molecule has 294 valence electrons. The minimum Gasteiger partial charge on any atom is -0.457 e. The highest BCUT2D eigenvalue weighted by Gasteiger charge is 2.49. The minimum atomic E-state index is -0.609. The molecule has 12 aromatic rings. The quantitative estimate of drug-likeness (QED) is 0.176. The maximum atomic E-state index is 7.14. The Hall–Kier alpha value is -7.92. The van der Waals surface area contributed by atoms with Gasteiger partial charge in [0.1, 0.15) is 11.5 Å². The molecule has 0 N–H and O–H groups in total. The number of nitrogens with zero attached hydrogens (tertiary/aromatic N) is 2. The zero-order valence-corrected chi connectivity index (χ0v) is 34.8. The summed E-state index contributed by atoms with van der Waals surface area (Å²) in [4.78, 5) is 2.42. The molecule has 0 amide bonds. The van der Waals surface area contributed by atoms with E-state index in [9.17, 15) is 0 Å². The van der Waals surface area contributed by atoms with Crippen LogP contribution < -0.4 is 9.64 Å². The van der Waals surface area contributed by atoms with Crippen LogP contribution in [0.25, 0.3) is 69.6 Å². The van der Waals surface area contributed by atoms with E-state index >= 15 is 0 Å². The first kappa shape index (κ1) is 34.8. The van der Waals surface area contributed by atoms with Crippen LogP contribution in [0.4, 0.5) is 17.1 Å². The first-order valence-corrected chi connectivity index (χ1v) is 22.4. The monoisotopic (exact) mass is 820 g/mol. The Labute approximate surface area is 367 Å². The van der Waals surface area contributed by atoms with Gasteiger partial charge < -0.3 is 14.2 Å². The fraction of sp³-hybridized carbons (Fsp3) is 0.0169. The molecule has 10 aromatic carbocycles. The SMILES string of the molecule is c1ccc(-n2c3ccccc3c3ccc(N(c4ccc5c(c4)Oc4ccccc4C54c5ccccc5-c5cccc6cccc4c56)c4ccc5sc6ccccc6c5c4)cc32)cc1. The molecule has 0 bridgehead atoms.